The van der Waals surface area contributed by atoms with Crippen molar-refractivity contribution in [1.82, 2.24) is 0 Å². The van der Waals surface area contributed by atoms with Gasteiger partial charge in [-0.1, -0.05) is 0 Å². The Labute approximate surface area is 388 Å². The van der Waals surface area contributed by atoms with Crippen LogP contribution in [0, 0.1) is 0 Å². The van der Waals surface area contributed by atoms with E-state index in [1.165, 1.54) is 154 Å². The van der Waals surface area contributed by atoms with E-state index in [0.29, 0.717) is 0 Å². The van der Waals surface area contributed by atoms with Crippen LogP contribution >= 0.6 is 51.1 Å². The molecule has 0 heterocycles. The molecule has 6 aliphatic rings. The molecular formula is C48H69Bi3S6. The Hall–Kier alpha value is 2.41. The van der Waals surface area contributed by atoms with Gasteiger partial charge in [-0.2, -0.15) is 0 Å². The van der Waals surface area contributed by atoms with Gasteiger partial charge in [-0.3, -0.25) is 0 Å². The Morgan fingerprint density at radius 2 is 0.474 bits per heavy atom. The molecule has 0 aliphatic heterocycles. The molecule has 0 spiro atoms. The summed E-state index contributed by atoms with van der Waals surface area (Å²) in [6.45, 7) is 0. The molecule has 0 N–H and O–H groups in total. The first-order chi connectivity index (χ1) is 28.2. The Kier molecular flexibility index (Phi) is 23.0. The zero-order valence-corrected chi connectivity index (χ0v) is 49.7. The third-order valence-electron chi connectivity index (χ3n) is 11.7. The molecule has 0 fully saturated rings. The van der Waals surface area contributed by atoms with Gasteiger partial charge >= 0.3 is 394 Å². The summed E-state index contributed by atoms with van der Waals surface area (Å²) in [6.07, 6.45) is 64.3. The van der Waals surface area contributed by atoms with Gasteiger partial charge in [-0.05, 0) is 0 Å². The summed E-state index contributed by atoms with van der Waals surface area (Å²) in [6, 6.07) is 8.90. The Bertz CT molecular complexity index is 1250. The summed E-state index contributed by atoms with van der Waals surface area (Å²) in [5, 5.41) is 4.36. The molecule has 9 heteroatoms. The first kappa shape index (κ1) is 47.4. The van der Waals surface area contributed by atoms with E-state index < -0.39 is 56.5 Å². The topological polar surface area (TPSA) is 0 Å². The van der Waals surface area contributed by atoms with Gasteiger partial charge in [-0.15, -0.1) is 0 Å². The third kappa shape index (κ3) is 17.0. The van der Waals surface area contributed by atoms with Crippen LogP contribution in [0.5, 0.6) is 0 Å². The minimum atomic E-state index is -2.32. The molecule has 6 aliphatic carbocycles. The summed E-state index contributed by atoms with van der Waals surface area (Å²) in [7, 11) is 15.3. The average molecular weight is 1470 g/mol. The molecule has 0 saturated heterocycles. The number of rotatable bonds is 15. The summed E-state index contributed by atoms with van der Waals surface area (Å²) >= 11 is -6.96. The zero-order valence-electron chi connectivity index (χ0n) is 34.4. The van der Waals surface area contributed by atoms with Crippen molar-refractivity contribution >= 4 is 117 Å². The summed E-state index contributed by atoms with van der Waals surface area (Å²) < 4.78 is 5.72. The van der Waals surface area contributed by atoms with E-state index in [1.54, 1.807) is 0 Å². The number of hydrogen-bond donors (Lipinski definition) is 0. The second-order valence-corrected chi connectivity index (χ2v) is 73.6. The fourth-order valence-electron chi connectivity index (χ4n) is 8.31. The third-order valence-corrected chi connectivity index (χ3v) is 81.8. The van der Waals surface area contributed by atoms with Crippen LogP contribution in [0.4, 0.5) is 0 Å². The first-order valence-electron chi connectivity index (χ1n) is 22.8. The Balaban J connectivity index is 1.31. The average Bonchev–Trinajstić information content (AvgIpc) is 3.94. The van der Waals surface area contributed by atoms with Crippen molar-refractivity contribution in [3.63, 3.8) is 0 Å². The molecule has 7 rings (SSSR count). The van der Waals surface area contributed by atoms with E-state index in [9.17, 15) is 0 Å². The van der Waals surface area contributed by atoms with Gasteiger partial charge in [0.25, 0.3) is 0 Å². The van der Waals surface area contributed by atoms with Crippen molar-refractivity contribution in [3.8, 4) is 0 Å². The molecule has 0 nitrogen and oxygen atoms in total. The molecule has 0 bridgehead atoms. The van der Waals surface area contributed by atoms with E-state index in [2.05, 4.69) is 142 Å². The van der Waals surface area contributed by atoms with Gasteiger partial charge in [0.15, 0.2) is 0 Å². The first-order valence-corrected chi connectivity index (χ1v) is 58.6. The van der Waals surface area contributed by atoms with Crippen LogP contribution in [-0.2, 0) is 0 Å². The maximum atomic E-state index is 2.97. The minimum absolute atomic E-state index is 0.726. The fourth-order valence-corrected chi connectivity index (χ4v) is 90.9. The van der Waals surface area contributed by atoms with Gasteiger partial charge in [0, 0.05) is 0 Å². The Morgan fingerprint density at radius 1 is 0.281 bits per heavy atom. The molecule has 1 aromatic rings. The van der Waals surface area contributed by atoms with Crippen LogP contribution in [0.25, 0.3) is 0 Å². The summed E-state index contributed by atoms with van der Waals surface area (Å²) in [4.78, 5) is 0. The van der Waals surface area contributed by atoms with Crippen molar-refractivity contribution in [2.45, 2.75) is 186 Å². The normalized spacial score (nSPS) is 28.9. The van der Waals surface area contributed by atoms with E-state index in [4.69, 9.17) is 0 Å². The molecule has 0 amide bonds. The molecule has 0 aromatic heterocycles. The molecule has 6 atom stereocenters. The Morgan fingerprint density at radius 3 is 0.667 bits per heavy atom. The monoisotopic (exact) mass is 1460 g/mol. The van der Waals surface area contributed by atoms with Crippen molar-refractivity contribution in [3.05, 3.63) is 91.1 Å². The van der Waals surface area contributed by atoms with E-state index in [0.717, 1.165) is 31.5 Å². The molecule has 57 heavy (non-hydrogen) atoms. The van der Waals surface area contributed by atoms with E-state index in [1.807, 2.05) is 9.81 Å². The van der Waals surface area contributed by atoms with Crippen molar-refractivity contribution in [1.29, 1.82) is 0 Å². The zero-order chi connectivity index (χ0) is 38.7. The number of benzene rings is 1. The van der Waals surface area contributed by atoms with Gasteiger partial charge in [0.1, 0.15) is 0 Å². The van der Waals surface area contributed by atoms with Gasteiger partial charge in [0.05, 0.1) is 0 Å². The van der Waals surface area contributed by atoms with Crippen molar-refractivity contribution in [2.24, 2.45) is 0 Å². The second-order valence-electron chi connectivity index (χ2n) is 16.6. The van der Waals surface area contributed by atoms with Crippen LogP contribution < -0.4 is 9.81 Å². The quantitative estimate of drug-likeness (QED) is 0.126. The van der Waals surface area contributed by atoms with Crippen LogP contribution in [0.15, 0.2) is 91.1 Å². The van der Waals surface area contributed by atoms with Gasteiger partial charge < -0.3 is 0 Å². The summed E-state index contributed by atoms with van der Waals surface area (Å²) in [5.74, 6) is 0. The maximum absolute atomic E-state index is 2.97. The van der Waals surface area contributed by atoms with Crippen molar-refractivity contribution in [2.75, 3.05) is 0 Å². The fraction of sp³-hybridized carbons (Fsp3) is 0.625. The van der Waals surface area contributed by atoms with E-state index in [-0.39, 0.29) is 0 Å². The van der Waals surface area contributed by atoms with Crippen molar-refractivity contribution < 1.29 is 0 Å². The molecular weight excluding hydrogens is 1400 g/mol. The molecule has 0 radical (unpaired) electrons. The SMILES string of the molecule is C1=CC([S][Bi]([S]C2C=CCCCC2)[c]2c[c]([Bi]([S]C3C=CCCCC3)[S]C3C=CCCCC3)c[c]([Bi]([S]C3C=CCCCC3)[S]C3C=CCCCC3)c2)CCCC1. The van der Waals surface area contributed by atoms with Crippen LogP contribution in [0.3, 0.4) is 0 Å². The van der Waals surface area contributed by atoms with Crippen LogP contribution in [-0.4, -0.2) is 88.0 Å². The van der Waals surface area contributed by atoms with Gasteiger partial charge in [0.2, 0.25) is 0 Å². The molecule has 6 unspecified atom stereocenters. The molecule has 0 saturated carbocycles. The predicted molar refractivity (Wildman–Crippen MR) is 277 cm³/mol. The standard InChI is InChI=1S/6C7H12S.C6H3.3Bi/c6*8-7-5-3-1-2-4-6-7;1-2-4-6-5-3-1;;;/h6*3,5,7-8H,1-2,4,6H2;1,4-5H;;;/q;;;;;;;3*+2/p-6. The van der Waals surface area contributed by atoms with Crippen LogP contribution in [0.1, 0.15) is 154 Å². The number of allylic oxidation sites excluding steroid dienone is 6. The number of hydrogen-bond acceptors (Lipinski definition) is 6. The predicted octanol–water partition coefficient (Wildman–Crippen LogP) is 14.2. The van der Waals surface area contributed by atoms with Gasteiger partial charge in [-0.25, -0.2) is 0 Å². The summed E-state index contributed by atoms with van der Waals surface area (Å²) in [5.41, 5.74) is 0. The molecule has 312 valence electrons. The molecule has 1 aromatic carbocycles. The second kappa shape index (κ2) is 27.7. The van der Waals surface area contributed by atoms with E-state index >= 15 is 0 Å². The van der Waals surface area contributed by atoms with Crippen LogP contribution in [0.2, 0.25) is 0 Å².